The average molecular weight is 298 g/mol. The predicted molar refractivity (Wildman–Crippen MR) is 79.1 cm³/mol. The third kappa shape index (κ3) is 4.31. The molecule has 0 saturated carbocycles. The van der Waals surface area contributed by atoms with Crippen molar-refractivity contribution in [3.63, 3.8) is 0 Å². The monoisotopic (exact) mass is 298 g/mol. The summed E-state index contributed by atoms with van der Waals surface area (Å²) in [6.07, 6.45) is 0.811. The van der Waals surface area contributed by atoms with E-state index in [1.807, 2.05) is 20.8 Å². The quantitative estimate of drug-likeness (QED) is 0.842. The van der Waals surface area contributed by atoms with Crippen molar-refractivity contribution < 1.29 is 13.2 Å². The molecular weight excluding hydrogens is 276 g/mol. The van der Waals surface area contributed by atoms with Gasteiger partial charge in [-0.1, -0.05) is 13.8 Å². The van der Waals surface area contributed by atoms with E-state index in [1.165, 1.54) is 24.3 Å². The minimum atomic E-state index is -3.47. The highest BCUT2D eigenvalue weighted by Gasteiger charge is 2.19. The number of hydrogen-bond donors (Lipinski definition) is 2. The molecule has 0 bridgehead atoms. The molecule has 2 N–H and O–H groups in total. The molecule has 1 rings (SSSR count). The van der Waals surface area contributed by atoms with Crippen LogP contribution in [0.2, 0.25) is 0 Å². The van der Waals surface area contributed by atoms with Gasteiger partial charge in [0.25, 0.3) is 5.91 Å². The van der Waals surface area contributed by atoms with Crippen LogP contribution in [0.4, 0.5) is 0 Å². The van der Waals surface area contributed by atoms with Crippen LogP contribution in [0, 0.1) is 0 Å². The molecule has 1 aromatic rings. The van der Waals surface area contributed by atoms with E-state index in [0.717, 1.165) is 6.42 Å². The number of rotatable bonds is 6. The summed E-state index contributed by atoms with van der Waals surface area (Å²) in [6.45, 7) is 7.91. The van der Waals surface area contributed by atoms with Gasteiger partial charge in [-0.05, 0) is 44.5 Å². The molecule has 5 nitrogen and oxygen atoms in total. The molecule has 0 spiro atoms. The molecule has 0 heterocycles. The van der Waals surface area contributed by atoms with Crippen molar-refractivity contribution in [1.29, 1.82) is 0 Å². The minimum Gasteiger partial charge on any atom is -0.347 e. The standard InChI is InChI=1S/C14H22N2O3S/c1-5-14(3,4)16-13(17)11-7-9-12(10-8-11)20(18,19)15-6-2/h7-10,15H,5-6H2,1-4H3,(H,16,17). The van der Waals surface area contributed by atoms with Crippen LogP contribution in [-0.4, -0.2) is 26.4 Å². The maximum absolute atomic E-state index is 12.0. The second kappa shape index (κ2) is 6.37. The van der Waals surface area contributed by atoms with Crippen LogP contribution in [0.1, 0.15) is 44.5 Å². The molecule has 1 amide bonds. The van der Waals surface area contributed by atoms with Crippen molar-refractivity contribution >= 4 is 15.9 Å². The van der Waals surface area contributed by atoms with Gasteiger partial charge in [-0.2, -0.15) is 0 Å². The predicted octanol–water partition coefficient (Wildman–Crippen LogP) is 1.90. The molecule has 6 heteroatoms. The number of hydrogen-bond acceptors (Lipinski definition) is 3. The number of nitrogens with one attached hydrogen (secondary N) is 2. The van der Waals surface area contributed by atoms with Crippen molar-refractivity contribution in [3.05, 3.63) is 29.8 Å². The highest BCUT2D eigenvalue weighted by molar-refractivity contribution is 7.89. The Morgan fingerprint density at radius 2 is 1.70 bits per heavy atom. The summed E-state index contributed by atoms with van der Waals surface area (Å²) in [5, 5.41) is 2.90. The van der Waals surface area contributed by atoms with Gasteiger partial charge in [0.2, 0.25) is 10.0 Å². The smallest absolute Gasteiger partial charge is 0.251 e. The van der Waals surface area contributed by atoms with Gasteiger partial charge < -0.3 is 5.32 Å². The second-order valence-electron chi connectivity index (χ2n) is 5.22. The van der Waals surface area contributed by atoms with Crippen LogP contribution in [0.15, 0.2) is 29.2 Å². The minimum absolute atomic E-state index is 0.158. The van der Waals surface area contributed by atoms with Gasteiger partial charge in [0.15, 0.2) is 0 Å². The first-order valence-electron chi connectivity index (χ1n) is 6.64. The van der Waals surface area contributed by atoms with Gasteiger partial charge >= 0.3 is 0 Å². The van der Waals surface area contributed by atoms with E-state index >= 15 is 0 Å². The summed E-state index contributed by atoms with van der Waals surface area (Å²) >= 11 is 0. The molecule has 20 heavy (non-hydrogen) atoms. The molecule has 0 fully saturated rings. The van der Waals surface area contributed by atoms with Crippen molar-refractivity contribution in [1.82, 2.24) is 10.0 Å². The second-order valence-corrected chi connectivity index (χ2v) is 6.98. The number of carbonyl (C=O) groups is 1. The molecule has 1 aromatic carbocycles. The highest BCUT2D eigenvalue weighted by atomic mass is 32.2. The molecule has 0 radical (unpaired) electrons. The van der Waals surface area contributed by atoms with Gasteiger partial charge in [0.1, 0.15) is 0 Å². The Hall–Kier alpha value is -1.40. The van der Waals surface area contributed by atoms with E-state index in [-0.39, 0.29) is 16.3 Å². The van der Waals surface area contributed by atoms with Gasteiger partial charge in [-0.25, -0.2) is 13.1 Å². The van der Waals surface area contributed by atoms with Crippen molar-refractivity contribution in [2.45, 2.75) is 44.6 Å². The highest BCUT2D eigenvalue weighted by Crippen LogP contribution is 2.13. The van der Waals surface area contributed by atoms with Gasteiger partial charge in [0.05, 0.1) is 4.90 Å². The van der Waals surface area contributed by atoms with Crippen LogP contribution in [0.5, 0.6) is 0 Å². The fourth-order valence-electron chi connectivity index (χ4n) is 1.53. The Bertz CT molecular complexity index is 563. The Morgan fingerprint density at radius 1 is 1.15 bits per heavy atom. The molecule has 0 unspecified atom stereocenters. The van der Waals surface area contributed by atoms with Crippen molar-refractivity contribution in [2.75, 3.05) is 6.54 Å². The van der Waals surface area contributed by atoms with E-state index in [2.05, 4.69) is 10.0 Å². The van der Waals surface area contributed by atoms with Crippen molar-refractivity contribution in [2.24, 2.45) is 0 Å². The van der Waals surface area contributed by atoms with E-state index in [0.29, 0.717) is 12.1 Å². The zero-order valence-electron chi connectivity index (χ0n) is 12.4. The van der Waals surface area contributed by atoms with Gasteiger partial charge in [0, 0.05) is 17.6 Å². The lowest BCUT2D eigenvalue weighted by molar-refractivity contribution is 0.0911. The first-order chi connectivity index (χ1) is 9.22. The first kappa shape index (κ1) is 16.7. The van der Waals surface area contributed by atoms with E-state index in [4.69, 9.17) is 0 Å². The van der Waals surface area contributed by atoms with Crippen LogP contribution in [-0.2, 0) is 10.0 Å². The van der Waals surface area contributed by atoms with E-state index in [1.54, 1.807) is 6.92 Å². The van der Waals surface area contributed by atoms with Crippen LogP contribution in [0.3, 0.4) is 0 Å². The number of amides is 1. The fourth-order valence-corrected chi connectivity index (χ4v) is 2.57. The summed E-state index contributed by atoms with van der Waals surface area (Å²) in [5.41, 5.74) is 0.160. The van der Waals surface area contributed by atoms with Gasteiger partial charge in [-0.3, -0.25) is 4.79 Å². The Kier molecular flexibility index (Phi) is 5.30. The average Bonchev–Trinajstić information content (AvgIpc) is 2.38. The number of carbonyl (C=O) groups excluding carboxylic acids is 1. The molecule has 0 aliphatic rings. The number of benzene rings is 1. The first-order valence-corrected chi connectivity index (χ1v) is 8.12. The van der Waals surface area contributed by atoms with Gasteiger partial charge in [-0.15, -0.1) is 0 Å². The summed E-state index contributed by atoms with van der Waals surface area (Å²) < 4.78 is 26.0. The van der Waals surface area contributed by atoms with E-state index < -0.39 is 10.0 Å². The van der Waals surface area contributed by atoms with Crippen LogP contribution >= 0.6 is 0 Å². The Balaban J connectivity index is 2.90. The zero-order valence-corrected chi connectivity index (χ0v) is 13.2. The lowest BCUT2D eigenvalue weighted by Gasteiger charge is -2.24. The molecule has 112 valence electrons. The maximum Gasteiger partial charge on any atom is 0.251 e. The zero-order chi connectivity index (χ0) is 15.4. The maximum atomic E-state index is 12.0. The summed E-state index contributed by atoms with van der Waals surface area (Å²) in [7, 11) is -3.47. The van der Waals surface area contributed by atoms with Crippen LogP contribution in [0.25, 0.3) is 0 Å². The fraction of sp³-hybridized carbons (Fsp3) is 0.500. The summed E-state index contributed by atoms with van der Waals surface area (Å²) in [6, 6.07) is 5.91. The third-order valence-electron chi connectivity index (χ3n) is 3.10. The lowest BCUT2D eigenvalue weighted by Crippen LogP contribution is -2.42. The van der Waals surface area contributed by atoms with Crippen LogP contribution < -0.4 is 10.0 Å². The lowest BCUT2D eigenvalue weighted by atomic mass is 10.0. The SMILES string of the molecule is CCNS(=O)(=O)c1ccc(C(=O)NC(C)(C)CC)cc1. The molecule has 0 aliphatic carbocycles. The molecule has 0 atom stereocenters. The summed E-state index contributed by atoms with van der Waals surface area (Å²) in [4.78, 5) is 12.2. The Labute approximate surface area is 120 Å². The van der Waals surface area contributed by atoms with Crippen molar-refractivity contribution in [3.8, 4) is 0 Å². The topological polar surface area (TPSA) is 75.3 Å². The molecular formula is C14H22N2O3S. The largest absolute Gasteiger partial charge is 0.347 e. The molecule has 0 saturated heterocycles. The molecule has 0 aromatic heterocycles. The van der Waals surface area contributed by atoms with E-state index in [9.17, 15) is 13.2 Å². The summed E-state index contributed by atoms with van der Waals surface area (Å²) in [5.74, 6) is -0.204. The Morgan fingerprint density at radius 3 is 2.15 bits per heavy atom. The molecule has 0 aliphatic heterocycles. The third-order valence-corrected chi connectivity index (χ3v) is 4.66. The number of sulfonamides is 1. The normalized spacial score (nSPS) is 12.2.